The Morgan fingerprint density at radius 2 is 1.82 bits per heavy atom. The van der Waals surface area contributed by atoms with Crippen LogP contribution in [0.1, 0.15) is 33.6 Å². The van der Waals surface area contributed by atoms with Crippen molar-refractivity contribution in [2.24, 2.45) is 11.1 Å². The Bertz CT molecular complexity index is 126. The molecule has 1 saturated heterocycles. The summed E-state index contributed by atoms with van der Waals surface area (Å²) in [7, 11) is 0. The largest absolute Gasteiger partial charge is 0.376 e. The Morgan fingerprint density at radius 1 is 1.36 bits per heavy atom. The van der Waals surface area contributed by atoms with Crippen LogP contribution >= 0.6 is 0 Å². The van der Waals surface area contributed by atoms with Crippen LogP contribution in [-0.2, 0) is 4.74 Å². The molecule has 1 rings (SSSR count). The van der Waals surface area contributed by atoms with E-state index in [4.69, 9.17) is 10.5 Å². The highest BCUT2D eigenvalue weighted by atomic mass is 16.5. The fourth-order valence-corrected chi connectivity index (χ4v) is 2.13. The first-order valence-electron chi connectivity index (χ1n) is 4.41. The van der Waals surface area contributed by atoms with Crippen LogP contribution in [0.15, 0.2) is 0 Å². The van der Waals surface area contributed by atoms with Crippen molar-refractivity contribution in [3.05, 3.63) is 0 Å². The van der Waals surface area contributed by atoms with Crippen molar-refractivity contribution < 1.29 is 4.74 Å². The van der Waals surface area contributed by atoms with E-state index in [1.54, 1.807) is 0 Å². The summed E-state index contributed by atoms with van der Waals surface area (Å²) in [5, 5.41) is 0. The first-order chi connectivity index (χ1) is 5.06. The monoisotopic (exact) mass is 157 g/mol. The lowest BCUT2D eigenvalue weighted by Crippen LogP contribution is -2.40. The van der Waals surface area contributed by atoms with Crippen molar-refractivity contribution in [2.75, 3.05) is 6.54 Å². The summed E-state index contributed by atoms with van der Waals surface area (Å²) >= 11 is 0. The van der Waals surface area contributed by atoms with E-state index >= 15 is 0 Å². The van der Waals surface area contributed by atoms with Crippen molar-refractivity contribution in [1.29, 1.82) is 0 Å². The van der Waals surface area contributed by atoms with Crippen molar-refractivity contribution in [2.45, 2.75) is 45.8 Å². The summed E-state index contributed by atoms with van der Waals surface area (Å²) in [5.74, 6) is 0. The summed E-state index contributed by atoms with van der Waals surface area (Å²) in [6, 6.07) is 0. The number of rotatable bonds is 1. The smallest absolute Gasteiger partial charge is 0.0556 e. The van der Waals surface area contributed by atoms with Gasteiger partial charge in [-0.1, -0.05) is 6.92 Å². The van der Waals surface area contributed by atoms with E-state index in [0.29, 0.717) is 17.6 Å². The summed E-state index contributed by atoms with van der Waals surface area (Å²) in [6.07, 6.45) is 2.97. The number of nitrogens with two attached hydrogens (primary N) is 1. The molecule has 0 bridgehead atoms. The second-order valence-electron chi connectivity index (χ2n) is 4.18. The Balaban J connectivity index is 2.55. The number of ether oxygens (including phenoxy) is 1. The van der Waals surface area contributed by atoms with Crippen molar-refractivity contribution in [3.63, 3.8) is 0 Å². The van der Waals surface area contributed by atoms with E-state index < -0.39 is 0 Å². The fourth-order valence-electron chi connectivity index (χ4n) is 2.13. The lowest BCUT2D eigenvalue weighted by molar-refractivity contribution is -0.0787. The Morgan fingerprint density at radius 3 is 2.18 bits per heavy atom. The molecule has 0 radical (unpaired) electrons. The second kappa shape index (κ2) is 3.11. The third kappa shape index (κ3) is 2.17. The van der Waals surface area contributed by atoms with Gasteiger partial charge >= 0.3 is 0 Å². The van der Waals surface area contributed by atoms with Gasteiger partial charge in [-0.3, -0.25) is 0 Å². The highest BCUT2D eigenvalue weighted by molar-refractivity contribution is 4.84. The van der Waals surface area contributed by atoms with E-state index in [1.807, 2.05) is 0 Å². The van der Waals surface area contributed by atoms with Crippen LogP contribution in [0.4, 0.5) is 0 Å². The van der Waals surface area contributed by atoms with Gasteiger partial charge in [0.2, 0.25) is 0 Å². The molecule has 1 aliphatic rings. The van der Waals surface area contributed by atoms with Gasteiger partial charge in [0.1, 0.15) is 0 Å². The summed E-state index contributed by atoms with van der Waals surface area (Å²) < 4.78 is 5.63. The molecular formula is C9H19NO. The van der Waals surface area contributed by atoms with Gasteiger partial charge in [-0.25, -0.2) is 0 Å². The molecule has 2 unspecified atom stereocenters. The molecule has 1 fully saturated rings. The van der Waals surface area contributed by atoms with Crippen molar-refractivity contribution in [3.8, 4) is 0 Å². The standard InChI is InChI=1S/C9H19NO/c1-7-4-9(3,6-10)5-8(2)11-7/h7-8H,4-6,10H2,1-3H3. The number of hydrogen-bond acceptors (Lipinski definition) is 2. The first kappa shape index (κ1) is 9.01. The molecular weight excluding hydrogens is 138 g/mol. The quantitative estimate of drug-likeness (QED) is 0.626. The SMILES string of the molecule is CC1CC(C)(CN)CC(C)O1. The highest BCUT2D eigenvalue weighted by Gasteiger charge is 2.33. The van der Waals surface area contributed by atoms with Crippen LogP contribution in [0.3, 0.4) is 0 Å². The predicted octanol–water partition coefficient (Wildman–Crippen LogP) is 1.54. The zero-order valence-corrected chi connectivity index (χ0v) is 7.76. The minimum Gasteiger partial charge on any atom is -0.376 e. The number of hydrogen-bond donors (Lipinski definition) is 1. The minimum absolute atomic E-state index is 0.317. The van der Waals surface area contributed by atoms with Gasteiger partial charge in [0.25, 0.3) is 0 Å². The topological polar surface area (TPSA) is 35.2 Å². The Kier molecular flexibility index (Phi) is 2.55. The summed E-state index contributed by atoms with van der Waals surface area (Å²) in [6.45, 7) is 7.29. The molecule has 2 heteroatoms. The molecule has 2 atom stereocenters. The normalized spacial score (nSPS) is 45.8. The van der Waals surface area contributed by atoms with E-state index in [1.165, 1.54) is 0 Å². The van der Waals surface area contributed by atoms with Gasteiger partial charge in [-0.15, -0.1) is 0 Å². The van der Waals surface area contributed by atoms with Crippen LogP contribution in [0, 0.1) is 5.41 Å². The van der Waals surface area contributed by atoms with Crippen molar-refractivity contribution >= 4 is 0 Å². The zero-order chi connectivity index (χ0) is 8.48. The second-order valence-corrected chi connectivity index (χ2v) is 4.18. The van der Waals surface area contributed by atoms with Crippen molar-refractivity contribution in [1.82, 2.24) is 0 Å². The first-order valence-corrected chi connectivity index (χ1v) is 4.41. The van der Waals surface area contributed by atoms with E-state index in [0.717, 1.165) is 19.4 Å². The molecule has 1 heterocycles. The third-order valence-electron chi connectivity index (χ3n) is 2.52. The predicted molar refractivity (Wildman–Crippen MR) is 46.4 cm³/mol. The molecule has 0 aromatic rings. The molecule has 2 N–H and O–H groups in total. The van der Waals surface area contributed by atoms with Gasteiger partial charge in [0.15, 0.2) is 0 Å². The van der Waals surface area contributed by atoms with Crippen LogP contribution in [0.5, 0.6) is 0 Å². The van der Waals surface area contributed by atoms with Gasteiger partial charge < -0.3 is 10.5 Å². The van der Waals surface area contributed by atoms with Crippen LogP contribution in [0.25, 0.3) is 0 Å². The maximum Gasteiger partial charge on any atom is 0.0556 e. The molecule has 1 aliphatic heterocycles. The maximum absolute atomic E-state index is 5.71. The van der Waals surface area contributed by atoms with Crippen LogP contribution < -0.4 is 5.73 Å². The average Bonchev–Trinajstić information content (AvgIpc) is 1.84. The van der Waals surface area contributed by atoms with E-state index in [2.05, 4.69) is 20.8 Å². The molecule has 2 nitrogen and oxygen atoms in total. The lowest BCUT2D eigenvalue weighted by atomic mass is 9.78. The van der Waals surface area contributed by atoms with Crippen LogP contribution in [-0.4, -0.2) is 18.8 Å². The lowest BCUT2D eigenvalue weighted by Gasteiger charge is -2.39. The average molecular weight is 157 g/mol. The van der Waals surface area contributed by atoms with Gasteiger partial charge in [-0.05, 0) is 38.6 Å². The molecule has 0 aliphatic carbocycles. The molecule has 0 spiro atoms. The minimum atomic E-state index is 0.317. The summed E-state index contributed by atoms with van der Waals surface area (Å²) in [5.41, 5.74) is 6.02. The molecule has 66 valence electrons. The van der Waals surface area contributed by atoms with E-state index in [9.17, 15) is 0 Å². The van der Waals surface area contributed by atoms with Gasteiger partial charge in [0.05, 0.1) is 12.2 Å². The van der Waals surface area contributed by atoms with E-state index in [-0.39, 0.29) is 0 Å². The van der Waals surface area contributed by atoms with Gasteiger partial charge in [0, 0.05) is 0 Å². The van der Waals surface area contributed by atoms with Crippen LogP contribution in [0.2, 0.25) is 0 Å². The molecule has 0 aromatic heterocycles. The molecule has 0 amide bonds. The zero-order valence-electron chi connectivity index (χ0n) is 7.76. The Labute approximate surface area is 69.1 Å². The molecule has 0 aromatic carbocycles. The third-order valence-corrected chi connectivity index (χ3v) is 2.52. The summed E-state index contributed by atoms with van der Waals surface area (Å²) in [4.78, 5) is 0. The maximum atomic E-state index is 5.71. The fraction of sp³-hybridized carbons (Fsp3) is 1.00. The highest BCUT2D eigenvalue weighted by Crippen LogP contribution is 2.34. The van der Waals surface area contributed by atoms with Gasteiger partial charge in [-0.2, -0.15) is 0 Å². The molecule has 0 saturated carbocycles. The molecule has 11 heavy (non-hydrogen) atoms. The Hall–Kier alpha value is -0.0800.